The Morgan fingerprint density at radius 1 is 0.744 bits per heavy atom. The number of hydrogen-bond donors (Lipinski definition) is 1. The lowest BCUT2D eigenvalue weighted by atomic mass is 10.1. The molecule has 198 valence electrons. The number of aryl methyl sites for hydroxylation is 1. The smallest absolute Gasteiger partial charge is 0.338 e. The molecule has 0 unspecified atom stereocenters. The summed E-state index contributed by atoms with van der Waals surface area (Å²) in [4.78, 5) is 43.2. The average molecular weight is 528 g/mol. The van der Waals surface area contributed by atoms with Crippen LogP contribution in [-0.4, -0.2) is 58.0 Å². The van der Waals surface area contributed by atoms with Crippen molar-refractivity contribution in [2.75, 3.05) is 6.61 Å². The van der Waals surface area contributed by atoms with Gasteiger partial charge in [0.15, 0.2) is 24.1 Å². The molecule has 0 spiro atoms. The van der Waals surface area contributed by atoms with Crippen LogP contribution in [0, 0.1) is 6.92 Å². The molecule has 1 saturated heterocycles. The van der Waals surface area contributed by atoms with Crippen molar-refractivity contribution >= 4 is 17.9 Å². The molecule has 0 amide bonds. The lowest BCUT2D eigenvalue weighted by Crippen LogP contribution is -2.41. The summed E-state index contributed by atoms with van der Waals surface area (Å²) in [5.41, 5.74) is 0.943. The number of carbonyl (C=O) groups is 3. The molecule has 4 atom stereocenters. The third-order valence-corrected chi connectivity index (χ3v) is 6.07. The Balaban J connectivity index is 1.45. The van der Waals surface area contributed by atoms with Gasteiger partial charge in [-0.15, -0.1) is 0 Å². The quantitative estimate of drug-likeness (QED) is 0.268. The number of nitrogens with one attached hydrogen (secondary N) is 1. The van der Waals surface area contributed by atoms with Crippen LogP contribution in [0.1, 0.15) is 48.8 Å². The maximum absolute atomic E-state index is 13.1. The van der Waals surface area contributed by atoms with Crippen molar-refractivity contribution in [3.63, 3.8) is 0 Å². The van der Waals surface area contributed by atoms with Gasteiger partial charge in [0.1, 0.15) is 18.5 Å². The third kappa shape index (κ3) is 6.02. The highest BCUT2D eigenvalue weighted by atomic mass is 16.6. The topological polar surface area (TPSA) is 130 Å². The molecular formula is C29H25N3O7. The highest BCUT2D eigenvalue weighted by Crippen LogP contribution is 2.37. The standard InChI is InChI=1S/C29H25N3O7/c1-18-30-26(32-31-18)25-24(39-29(35)21-15-9-4-10-16-21)23(38-28(34)20-13-7-3-8-14-20)22(37-25)17-36-27(33)19-11-5-2-6-12-19/h2-16,22-25H,17H2,1H3,(H,30,31,32)/t22-,23-,24-,25-/m1/s1. The molecular weight excluding hydrogens is 502 g/mol. The van der Waals surface area contributed by atoms with Crippen LogP contribution in [-0.2, 0) is 18.9 Å². The van der Waals surface area contributed by atoms with E-state index in [0.29, 0.717) is 22.5 Å². The summed E-state index contributed by atoms with van der Waals surface area (Å²) >= 11 is 0. The average Bonchev–Trinajstić information content (AvgIpc) is 3.56. The van der Waals surface area contributed by atoms with E-state index in [0.717, 1.165) is 0 Å². The molecule has 1 fully saturated rings. The third-order valence-electron chi connectivity index (χ3n) is 6.07. The fourth-order valence-electron chi connectivity index (χ4n) is 4.18. The van der Waals surface area contributed by atoms with Crippen LogP contribution in [0.3, 0.4) is 0 Å². The van der Waals surface area contributed by atoms with Crippen LogP contribution in [0.2, 0.25) is 0 Å². The summed E-state index contributed by atoms with van der Waals surface area (Å²) in [6.45, 7) is 1.43. The van der Waals surface area contributed by atoms with Gasteiger partial charge < -0.3 is 18.9 Å². The Hall–Kier alpha value is -4.83. The van der Waals surface area contributed by atoms with E-state index >= 15 is 0 Å². The van der Waals surface area contributed by atoms with Gasteiger partial charge in [0, 0.05) is 0 Å². The van der Waals surface area contributed by atoms with Gasteiger partial charge in [-0.1, -0.05) is 54.6 Å². The van der Waals surface area contributed by atoms with Gasteiger partial charge in [0.2, 0.25) is 0 Å². The highest BCUT2D eigenvalue weighted by Gasteiger charge is 2.52. The van der Waals surface area contributed by atoms with Crippen molar-refractivity contribution in [2.45, 2.75) is 31.3 Å². The predicted molar refractivity (Wildman–Crippen MR) is 137 cm³/mol. The Morgan fingerprint density at radius 3 is 1.72 bits per heavy atom. The molecule has 0 radical (unpaired) electrons. The SMILES string of the molecule is Cc1nc([C@@H]2O[C@H](COC(=O)c3ccccc3)[C@@H](OC(=O)c3ccccc3)[C@H]2OC(=O)c2ccccc2)n[nH]1. The molecule has 0 bridgehead atoms. The number of aromatic amines is 1. The van der Waals surface area contributed by atoms with Gasteiger partial charge in [-0.3, -0.25) is 5.10 Å². The molecule has 0 aliphatic carbocycles. The van der Waals surface area contributed by atoms with Crippen LogP contribution in [0.4, 0.5) is 0 Å². The lowest BCUT2D eigenvalue weighted by Gasteiger charge is -2.24. The van der Waals surface area contributed by atoms with Crippen molar-refractivity contribution < 1.29 is 33.3 Å². The zero-order valence-electron chi connectivity index (χ0n) is 20.9. The first-order chi connectivity index (χ1) is 19.0. The first-order valence-corrected chi connectivity index (χ1v) is 12.3. The molecule has 4 aromatic rings. The van der Waals surface area contributed by atoms with Gasteiger partial charge in [-0.2, -0.15) is 5.10 Å². The zero-order valence-corrected chi connectivity index (χ0v) is 20.9. The van der Waals surface area contributed by atoms with Gasteiger partial charge in [0.05, 0.1) is 16.7 Å². The summed E-state index contributed by atoms with van der Waals surface area (Å²) in [6, 6.07) is 25.2. The fourth-order valence-corrected chi connectivity index (χ4v) is 4.18. The van der Waals surface area contributed by atoms with E-state index in [-0.39, 0.29) is 12.4 Å². The van der Waals surface area contributed by atoms with Crippen LogP contribution in [0.15, 0.2) is 91.0 Å². The zero-order chi connectivity index (χ0) is 27.2. The number of rotatable bonds is 8. The Kier molecular flexibility index (Phi) is 7.74. The van der Waals surface area contributed by atoms with E-state index in [2.05, 4.69) is 15.2 Å². The monoisotopic (exact) mass is 527 g/mol. The van der Waals surface area contributed by atoms with Gasteiger partial charge in [-0.25, -0.2) is 19.4 Å². The van der Waals surface area contributed by atoms with E-state index in [1.165, 1.54) is 0 Å². The van der Waals surface area contributed by atoms with E-state index in [9.17, 15) is 14.4 Å². The molecule has 1 aliphatic heterocycles. The fraction of sp³-hybridized carbons (Fsp3) is 0.207. The highest BCUT2D eigenvalue weighted by molar-refractivity contribution is 5.91. The Labute approximate surface area is 223 Å². The van der Waals surface area contributed by atoms with Gasteiger partial charge in [0.25, 0.3) is 0 Å². The van der Waals surface area contributed by atoms with Gasteiger partial charge >= 0.3 is 17.9 Å². The van der Waals surface area contributed by atoms with E-state index in [1.807, 2.05) is 0 Å². The number of aromatic nitrogens is 3. The number of carbonyl (C=O) groups excluding carboxylic acids is 3. The Morgan fingerprint density at radius 2 is 1.23 bits per heavy atom. The molecule has 5 rings (SSSR count). The molecule has 10 heteroatoms. The van der Waals surface area contributed by atoms with Crippen molar-refractivity contribution in [2.24, 2.45) is 0 Å². The first-order valence-electron chi connectivity index (χ1n) is 12.3. The first kappa shape index (κ1) is 25.8. The molecule has 1 aromatic heterocycles. The number of benzene rings is 3. The van der Waals surface area contributed by atoms with Crippen LogP contribution in [0.5, 0.6) is 0 Å². The van der Waals surface area contributed by atoms with Crippen LogP contribution in [0.25, 0.3) is 0 Å². The summed E-state index contributed by atoms with van der Waals surface area (Å²) in [5, 5.41) is 6.92. The molecule has 1 aliphatic rings. The second-order valence-electron chi connectivity index (χ2n) is 8.81. The Bertz CT molecular complexity index is 1430. The second-order valence-corrected chi connectivity index (χ2v) is 8.81. The summed E-state index contributed by atoms with van der Waals surface area (Å²) < 4.78 is 23.4. The lowest BCUT2D eigenvalue weighted by molar-refractivity contribution is -0.0454. The minimum Gasteiger partial charge on any atom is -0.459 e. The van der Waals surface area contributed by atoms with Crippen molar-refractivity contribution in [3.8, 4) is 0 Å². The van der Waals surface area contributed by atoms with E-state index in [1.54, 1.807) is 97.9 Å². The molecule has 0 saturated carbocycles. The van der Waals surface area contributed by atoms with Crippen molar-refractivity contribution in [1.82, 2.24) is 15.2 Å². The largest absolute Gasteiger partial charge is 0.459 e. The number of ether oxygens (including phenoxy) is 4. The van der Waals surface area contributed by atoms with Gasteiger partial charge in [-0.05, 0) is 43.3 Å². The van der Waals surface area contributed by atoms with E-state index < -0.39 is 42.3 Å². The number of hydrogen-bond acceptors (Lipinski definition) is 9. The summed E-state index contributed by atoms with van der Waals surface area (Å²) in [6.07, 6.45) is -4.27. The number of esters is 3. The number of H-pyrrole nitrogens is 1. The minimum absolute atomic E-state index is 0.205. The second kappa shape index (κ2) is 11.7. The van der Waals surface area contributed by atoms with Crippen LogP contribution >= 0.6 is 0 Å². The molecule has 10 nitrogen and oxygen atoms in total. The molecule has 39 heavy (non-hydrogen) atoms. The summed E-state index contributed by atoms with van der Waals surface area (Å²) in [7, 11) is 0. The van der Waals surface area contributed by atoms with Crippen molar-refractivity contribution in [1.29, 1.82) is 0 Å². The maximum Gasteiger partial charge on any atom is 0.338 e. The molecule has 2 heterocycles. The minimum atomic E-state index is -1.14. The molecule has 3 aromatic carbocycles. The van der Waals surface area contributed by atoms with Crippen molar-refractivity contribution in [3.05, 3.63) is 119 Å². The maximum atomic E-state index is 13.1. The molecule has 1 N–H and O–H groups in total. The predicted octanol–water partition coefficient (Wildman–Crippen LogP) is 3.86. The number of nitrogens with zero attached hydrogens (tertiary/aromatic N) is 2. The van der Waals surface area contributed by atoms with E-state index in [4.69, 9.17) is 18.9 Å². The van der Waals surface area contributed by atoms with Crippen LogP contribution < -0.4 is 0 Å². The normalized spacial score (nSPS) is 20.2. The summed E-state index contributed by atoms with van der Waals surface area (Å²) in [5.74, 6) is -1.17.